The zero-order chi connectivity index (χ0) is 23.1. The fourth-order valence-electron chi connectivity index (χ4n) is 2.55. The average Bonchev–Trinajstić information content (AvgIpc) is 3.05. The van der Waals surface area contributed by atoms with Gasteiger partial charge in [-0.25, -0.2) is 4.68 Å². The number of halogens is 7. The summed E-state index contributed by atoms with van der Waals surface area (Å²) in [7, 11) is 0. The van der Waals surface area contributed by atoms with Gasteiger partial charge in [0.1, 0.15) is 5.69 Å². The number of aromatic nitrogens is 3. The van der Waals surface area contributed by atoms with Crippen LogP contribution in [0.25, 0.3) is 5.69 Å². The number of carbonyl (C=O) groups excluding carboxylic acids is 1. The highest BCUT2D eigenvalue weighted by atomic mass is 35.5. The van der Waals surface area contributed by atoms with Gasteiger partial charge < -0.3 is 4.90 Å². The van der Waals surface area contributed by atoms with Gasteiger partial charge in [0, 0.05) is 37.1 Å². The van der Waals surface area contributed by atoms with Crippen molar-refractivity contribution >= 4 is 35.0 Å². The maximum absolute atomic E-state index is 12.7. The number of rotatable bonds is 10. The van der Waals surface area contributed by atoms with Gasteiger partial charge in [-0.05, 0) is 18.6 Å². The lowest BCUT2D eigenvalue weighted by molar-refractivity contribution is -0.135. The third kappa shape index (κ3) is 8.98. The van der Waals surface area contributed by atoms with Crippen LogP contribution in [0, 0.1) is 0 Å². The number of hydrogen-bond donors (Lipinski definition) is 0. The Morgan fingerprint density at radius 1 is 1.13 bits per heavy atom. The van der Waals surface area contributed by atoms with Crippen LogP contribution in [0.3, 0.4) is 0 Å². The highest BCUT2D eigenvalue weighted by molar-refractivity contribution is 7.99. The molecule has 5 nitrogen and oxygen atoms in total. The van der Waals surface area contributed by atoms with Gasteiger partial charge >= 0.3 is 12.4 Å². The number of nitrogens with zero attached hydrogens (tertiary/aromatic N) is 4. The minimum atomic E-state index is -4.38. The fraction of sp³-hybridized carbons (Fsp3) is 0.500. The number of carbonyl (C=O) groups is 1. The molecule has 0 saturated carbocycles. The van der Waals surface area contributed by atoms with Crippen LogP contribution in [0.4, 0.5) is 32.0 Å². The summed E-state index contributed by atoms with van der Waals surface area (Å²) in [5.74, 6) is -0.654. The highest BCUT2D eigenvalue weighted by Gasteiger charge is 2.29. The van der Waals surface area contributed by atoms with Gasteiger partial charge in [-0.2, -0.15) is 43.2 Å². The van der Waals surface area contributed by atoms with Gasteiger partial charge in [0.25, 0.3) is 0 Å². The normalized spacial score (nSPS) is 12.2. The van der Waals surface area contributed by atoms with Gasteiger partial charge in [-0.3, -0.25) is 9.78 Å². The molecule has 2 aromatic rings. The predicted octanol–water partition coefficient (Wildman–Crippen LogP) is 5.67. The van der Waals surface area contributed by atoms with E-state index in [9.17, 15) is 31.1 Å². The Labute approximate surface area is 183 Å². The Morgan fingerprint density at radius 3 is 2.45 bits per heavy atom. The molecule has 0 aliphatic heterocycles. The smallest absolute Gasteiger partial charge is 0.308 e. The van der Waals surface area contributed by atoms with Crippen molar-refractivity contribution in [1.82, 2.24) is 14.8 Å². The second-order valence-corrected chi connectivity index (χ2v) is 8.04. The third-order valence-electron chi connectivity index (χ3n) is 3.99. The van der Waals surface area contributed by atoms with E-state index in [1.807, 2.05) is 0 Å². The summed E-state index contributed by atoms with van der Waals surface area (Å²) in [6.07, 6.45) is -6.81. The van der Waals surface area contributed by atoms with Crippen LogP contribution in [0.2, 0.25) is 5.15 Å². The van der Waals surface area contributed by atoms with Crippen molar-refractivity contribution in [2.75, 3.05) is 23.0 Å². The van der Waals surface area contributed by atoms with Gasteiger partial charge in [0.2, 0.25) is 5.91 Å². The molecule has 0 N–H and O–H groups in total. The lowest BCUT2D eigenvalue weighted by Crippen LogP contribution is -2.33. The largest absolute Gasteiger partial charge is 0.389 e. The number of pyridine rings is 1. The molecule has 0 fully saturated rings. The van der Waals surface area contributed by atoms with Gasteiger partial charge in [0.15, 0.2) is 5.15 Å². The van der Waals surface area contributed by atoms with Gasteiger partial charge in [-0.1, -0.05) is 11.6 Å². The minimum Gasteiger partial charge on any atom is -0.308 e. The SMILES string of the molecule is O=C(CCSCCC(F)(F)F)N(CCCC(F)(F)F)c1cn(-c2cccnc2)nc1Cl. The van der Waals surface area contributed by atoms with E-state index in [2.05, 4.69) is 10.1 Å². The van der Waals surface area contributed by atoms with Crippen molar-refractivity contribution < 1.29 is 31.1 Å². The molecule has 0 bridgehead atoms. The maximum atomic E-state index is 12.7. The molecule has 31 heavy (non-hydrogen) atoms. The molecule has 2 aromatic heterocycles. The Kier molecular flexibility index (Phi) is 9.04. The Bertz CT molecular complexity index is 844. The molecule has 0 radical (unpaired) electrons. The lowest BCUT2D eigenvalue weighted by atomic mass is 10.2. The molecular weight excluding hydrogens is 470 g/mol. The zero-order valence-electron chi connectivity index (χ0n) is 16.1. The first-order chi connectivity index (χ1) is 14.5. The van der Waals surface area contributed by atoms with Crippen LogP contribution in [-0.2, 0) is 4.79 Å². The van der Waals surface area contributed by atoms with Gasteiger partial charge in [-0.15, -0.1) is 0 Å². The van der Waals surface area contributed by atoms with Crippen LogP contribution < -0.4 is 4.90 Å². The van der Waals surface area contributed by atoms with E-state index in [-0.39, 0.29) is 41.7 Å². The average molecular weight is 489 g/mol. The van der Waals surface area contributed by atoms with Crippen molar-refractivity contribution in [3.8, 4) is 5.69 Å². The van der Waals surface area contributed by atoms with Crippen LogP contribution >= 0.6 is 23.4 Å². The summed E-state index contributed by atoms with van der Waals surface area (Å²) < 4.78 is 75.6. The second kappa shape index (κ2) is 11.1. The monoisotopic (exact) mass is 488 g/mol. The van der Waals surface area contributed by atoms with Crippen molar-refractivity contribution in [2.45, 2.75) is 38.0 Å². The molecule has 1 amide bonds. The molecule has 2 rings (SSSR count). The van der Waals surface area contributed by atoms with Crippen LogP contribution in [-0.4, -0.2) is 51.1 Å². The molecule has 0 unspecified atom stereocenters. The summed E-state index contributed by atoms with van der Waals surface area (Å²) in [4.78, 5) is 17.7. The summed E-state index contributed by atoms with van der Waals surface area (Å²) in [5, 5.41) is 3.98. The van der Waals surface area contributed by atoms with Crippen LogP contribution in [0.5, 0.6) is 0 Å². The molecule has 0 aromatic carbocycles. The zero-order valence-corrected chi connectivity index (χ0v) is 17.7. The summed E-state index contributed by atoms with van der Waals surface area (Å²) in [6.45, 7) is -0.260. The van der Waals surface area contributed by atoms with Crippen molar-refractivity contribution in [2.24, 2.45) is 0 Å². The second-order valence-electron chi connectivity index (χ2n) is 6.45. The number of alkyl halides is 6. The summed E-state index contributed by atoms with van der Waals surface area (Å²) in [5.41, 5.74) is 0.652. The highest BCUT2D eigenvalue weighted by Crippen LogP contribution is 2.29. The van der Waals surface area contributed by atoms with Crippen LogP contribution in [0.1, 0.15) is 25.7 Å². The van der Waals surface area contributed by atoms with E-state index < -0.39 is 31.1 Å². The topological polar surface area (TPSA) is 51.0 Å². The molecule has 0 spiro atoms. The van der Waals surface area contributed by atoms with E-state index in [1.54, 1.807) is 18.3 Å². The Hall–Kier alpha value is -1.95. The summed E-state index contributed by atoms with van der Waals surface area (Å²) >= 11 is 7.08. The standard InChI is InChI=1S/C18H19ClF6N4OS/c19-16-14(12-29(27-16)13-3-1-7-26-11-13)28(8-2-5-17(20,21)22)15(30)4-9-31-10-6-18(23,24)25/h1,3,7,11-12H,2,4-6,8-10H2. The quantitative estimate of drug-likeness (QED) is 0.319. The van der Waals surface area contributed by atoms with Crippen molar-refractivity contribution in [1.29, 1.82) is 0 Å². The molecule has 0 saturated heterocycles. The van der Waals surface area contributed by atoms with Crippen molar-refractivity contribution in [3.05, 3.63) is 35.9 Å². The molecule has 2 heterocycles. The molecule has 0 atom stereocenters. The Balaban J connectivity index is 2.09. The van der Waals surface area contributed by atoms with Crippen LogP contribution in [0.15, 0.2) is 30.7 Å². The van der Waals surface area contributed by atoms with Crippen molar-refractivity contribution in [3.63, 3.8) is 0 Å². The lowest BCUT2D eigenvalue weighted by Gasteiger charge is -2.22. The number of thioether (sulfide) groups is 1. The van der Waals surface area contributed by atoms with E-state index in [4.69, 9.17) is 11.6 Å². The van der Waals surface area contributed by atoms with E-state index >= 15 is 0 Å². The third-order valence-corrected chi connectivity index (χ3v) is 5.24. The number of amides is 1. The minimum absolute atomic E-state index is 0.0889. The maximum Gasteiger partial charge on any atom is 0.389 e. The molecule has 0 aliphatic carbocycles. The summed E-state index contributed by atoms with van der Waals surface area (Å²) in [6, 6.07) is 3.32. The molecule has 0 aliphatic rings. The number of anilines is 1. The van der Waals surface area contributed by atoms with E-state index in [0.29, 0.717) is 5.69 Å². The number of hydrogen-bond acceptors (Lipinski definition) is 4. The van der Waals surface area contributed by atoms with E-state index in [1.165, 1.54) is 17.1 Å². The fourth-order valence-corrected chi connectivity index (χ4v) is 3.68. The first kappa shape index (κ1) is 25.3. The Morgan fingerprint density at radius 2 is 1.84 bits per heavy atom. The molecule has 172 valence electrons. The van der Waals surface area contributed by atoms with Gasteiger partial charge in [0.05, 0.1) is 24.5 Å². The predicted molar refractivity (Wildman–Crippen MR) is 107 cm³/mol. The van der Waals surface area contributed by atoms with E-state index in [0.717, 1.165) is 16.7 Å². The molecular formula is C18H19ClF6N4OS. The first-order valence-corrected chi connectivity index (χ1v) is 10.7. The first-order valence-electron chi connectivity index (χ1n) is 9.13. The molecule has 13 heteroatoms.